The van der Waals surface area contributed by atoms with Crippen LogP contribution in [-0.2, 0) is 38.1 Å². The van der Waals surface area contributed by atoms with Gasteiger partial charge in [-0.25, -0.2) is 4.79 Å². The van der Waals surface area contributed by atoms with Crippen molar-refractivity contribution in [2.45, 2.75) is 48.9 Å². The summed E-state index contributed by atoms with van der Waals surface area (Å²) in [7, 11) is -2.75. The average Bonchev–Trinajstić information content (AvgIpc) is 3.22. The molecular formula is C17H19NO8S. The first kappa shape index (κ1) is 18.4. The van der Waals surface area contributed by atoms with E-state index in [4.69, 9.17) is 13.7 Å². The van der Waals surface area contributed by atoms with E-state index in [1.807, 2.05) is 6.92 Å². The number of amides is 1. The molecule has 0 spiro atoms. The standard InChI is InChI=1S/C17H19NO8S/c1-9-3-5-11(6-4-9)27(21,22)26-10-7-12-17-24-13(15(19)18(12)8-10)14(25-17)16(20)23-2/h3-6,10,12-14,17H,7-8H2,1-2H3/t10-,12+,13-,14-,17+/m1/s1. The highest BCUT2D eigenvalue weighted by Crippen LogP contribution is 2.38. The number of aryl methyl sites for hydroxylation is 1. The molecule has 3 aliphatic rings. The Morgan fingerprint density at radius 2 is 1.93 bits per heavy atom. The van der Waals surface area contributed by atoms with Gasteiger partial charge in [0.05, 0.1) is 24.2 Å². The average molecular weight is 397 g/mol. The number of esters is 1. The van der Waals surface area contributed by atoms with Crippen molar-refractivity contribution in [2.24, 2.45) is 0 Å². The number of rotatable bonds is 4. The Morgan fingerprint density at radius 3 is 2.59 bits per heavy atom. The van der Waals surface area contributed by atoms with Crippen molar-refractivity contribution < 1.29 is 36.4 Å². The minimum atomic E-state index is -3.96. The van der Waals surface area contributed by atoms with E-state index < -0.39 is 52.6 Å². The third kappa shape index (κ3) is 3.12. The molecule has 1 aromatic carbocycles. The maximum atomic E-state index is 12.6. The molecule has 4 rings (SSSR count). The minimum absolute atomic E-state index is 0.0593. The number of benzene rings is 1. The largest absolute Gasteiger partial charge is 0.467 e. The Kier molecular flexibility index (Phi) is 4.46. The monoisotopic (exact) mass is 397 g/mol. The van der Waals surface area contributed by atoms with Crippen molar-refractivity contribution in [3.63, 3.8) is 0 Å². The Balaban J connectivity index is 1.48. The van der Waals surface area contributed by atoms with Crippen molar-refractivity contribution in [1.29, 1.82) is 0 Å². The summed E-state index contributed by atoms with van der Waals surface area (Å²) in [5.74, 6) is -1.10. The van der Waals surface area contributed by atoms with Crippen LogP contribution in [0.5, 0.6) is 0 Å². The molecule has 3 aliphatic heterocycles. The molecule has 27 heavy (non-hydrogen) atoms. The molecule has 0 unspecified atom stereocenters. The van der Waals surface area contributed by atoms with E-state index in [0.29, 0.717) is 0 Å². The smallest absolute Gasteiger partial charge is 0.338 e. The van der Waals surface area contributed by atoms with Crippen LogP contribution in [0.3, 0.4) is 0 Å². The predicted octanol–water partition coefficient (Wildman–Crippen LogP) is -0.0335. The highest BCUT2D eigenvalue weighted by Gasteiger charge is 2.59. The molecule has 5 atom stereocenters. The van der Waals surface area contributed by atoms with E-state index in [2.05, 4.69) is 4.74 Å². The zero-order valence-corrected chi connectivity index (χ0v) is 15.5. The maximum Gasteiger partial charge on any atom is 0.338 e. The molecule has 2 bridgehead atoms. The van der Waals surface area contributed by atoms with Crippen molar-refractivity contribution in [2.75, 3.05) is 13.7 Å². The molecule has 0 aliphatic carbocycles. The summed E-state index contributed by atoms with van der Waals surface area (Å²) >= 11 is 0. The predicted molar refractivity (Wildman–Crippen MR) is 88.9 cm³/mol. The van der Waals surface area contributed by atoms with Crippen molar-refractivity contribution in [3.05, 3.63) is 29.8 Å². The van der Waals surface area contributed by atoms with Gasteiger partial charge in [-0.15, -0.1) is 0 Å². The molecule has 0 radical (unpaired) electrons. The van der Waals surface area contributed by atoms with Crippen LogP contribution in [0.1, 0.15) is 12.0 Å². The van der Waals surface area contributed by atoms with Crippen LogP contribution in [0.25, 0.3) is 0 Å². The zero-order chi connectivity index (χ0) is 19.3. The lowest BCUT2D eigenvalue weighted by molar-refractivity contribution is -0.171. The van der Waals surface area contributed by atoms with Gasteiger partial charge < -0.3 is 19.1 Å². The lowest BCUT2D eigenvalue weighted by Gasteiger charge is -2.32. The number of carbonyl (C=O) groups excluding carboxylic acids is 2. The fourth-order valence-electron chi connectivity index (χ4n) is 3.64. The Bertz CT molecular complexity index is 867. The van der Waals surface area contributed by atoms with Gasteiger partial charge in [-0.1, -0.05) is 17.7 Å². The summed E-state index contributed by atoms with van der Waals surface area (Å²) in [5.41, 5.74) is 0.933. The zero-order valence-electron chi connectivity index (χ0n) is 14.7. The molecule has 10 heteroatoms. The molecule has 3 saturated heterocycles. The molecule has 1 aromatic rings. The number of morpholine rings is 1. The summed E-state index contributed by atoms with van der Waals surface area (Å²) in [4.78, 5) is 25.9. The van der Waals surface area contributed by atoms with Crippen LogP contribution >= 0.6 is 0 Å². The van der Waals surface area contributed by atoms with Gasteiger partial charge >= 0.3 is 5.97 Å². The van der Waals surface area contributed by atoms with Gasteiger partial charge in [-0.2, -0.15) is 8.42 Å². The van der Waals surface area contributed by atoms with Crippen LogP contribution in [0, 0.1) is 6.92 Å². The summed E-state index contributed by atoms with van der Waals surface area (Å²) in [6, 6.07) is 5.82. The summed E-state index contributed by atoms with van der Waals surface area (Å²) in [6.45, 7) is 1.94. The van der Waals surface area contributed by atoms with Crippen molar-refractivity contribution >= 4 is 22.0 Å². The third-order valence-electron chi connectivity index (χ3n) is 4.99. The SMILES string of the molecule is COC(=O)[C@@H]1O[C@@H]2O[C@H]1C(=O)N1C[C@H](OS(=O)(=O)c3ccc(C)cc3)C[C@@H]21. The Morgan fingerprint density at radius 1 is 1.22 bits per heavy atom. The normalized spacial score (nSPS) is 32.4. The van der Waals surface area contributed by atoms with E-state index in [-0.39, 0.29) is 17.9 Å². The maximum absolute atomic E-state index is 12.6. The van der Waals surface area contributed by atoms with Crippen LogP contribution < -0.4 is 0 Å². The number of carbonyl (C=O) groups is 2. The van der Waals surface area contributed by atoms with Gasteiger partial charge in [-0.3, -0.25) is 8.98 Å². The quantitative estimate of drug-likeness (QED) is 0.515. The first-order valence-corrected chi connectivity index (χ1v) is 9.90. The fraction of sp³-hybridized carbons (Fsp3) is 0.529. The second-order valence-corrected chi connectivity index (χ2v) is 8.36. The summed E-state index contributed by atoms with van der Waals surface area (Å²) in [5, 5.41) is 0. The summed E-state index contributed by atoms with van der Waals surface area (Å²) < 4.78 is 46.0. The molecule has 3 fully saturated rings. The van der Waals surface area contributed by atoms with Crippen molar-refractivity contribution in [3.8, 4) is 0 Å². The molecule has 0 N–H and O–H groups in total. The van der Waals surface area contributed by atoms with E-state index in [1.54, 1.807) is 12.1 Å². The Labute approximate surface area is 156 Å². The van der Waals surface area contributed by atoms with Crippen LogP contribution in [-0.4, -0.2) is 69.5 Å². The van der Waals surface area contributed by atoms with E-state index in [9.17, 15) is 18.0 Å². The second kappa shape index (κ2) is 6.55. The number of ether oxygens (including phenoxy) is 3. The van der Waals surface area contributed by atoms with Crippen molar-refractivity contribution in [1.82, 2.24) is 4.90 Å². The highest BCUT2D eigenvalue weighted by atomic mass is 32.2. The highest BCUT2D eigenvalue weighted by molar-refractivity contribution is 7.86. The van der Waals surface area contributed by atoms with Crippen LogP contribution in [0.2, 0.25) is 0 Å². The Hall–Kier alpha value is -2.01. The molecule has 146 valence electrons. The van der Waals surface area contributed by atoms with E-state index in [1.165, 1.54) is 24.1 Å². The lowest BCUT2D eigenvalue weighted by atomic mass is 10.1. The first-order valence-electron chi connectivity index (χ1n) is 8.49. The molecule has 9 nitrogen and oxygen atoms in total. The number of fused-ring (bicyclic) bond motifs is 4. The topological polar surface area (TPSA) is 108 Å². The van der Waals surface area contributed by atoms with Gasteiger partial charge in [0.2, 0.25) is 0 Å². The first-order chi connectivity index (χ1) is 12.8. The number of nitrogens with zero attached hydrogens (tertiary/aromatic N) is 1. The number of hydrogen-bond acceptors (Lipinski definition) is 8. The molecule has 1 amide bonds. The minimum Gasteiger partial charge on any atom is -0.467 e. The van der Waals surface area contributed by atoms with E-state index >= 15 is 0 Å². The molecule has 0 saturated carbocycles. The molecule has 0 aromatic heterocycles. The third-order valence-corrected chi connectivity index (χ3v) is 6.36. The van der Waals surface area contributed by atoms with Gasteiger partial charge in [0, 0.05) is 13.0 Å². The van der Waals surface area contributed by atoms with Gasteiger partial charge in [-0.05, 0) is 19.1 Å². The lowest BCUT2D eigenvalue weighted by Crippen LogP contribution is -2.53. The number of hydrogen-bond donors (Lipinski definition) is 0. The molecular weight excluding hydrogens is 378 g/mol. The second-order valence-electron chi connectivity index (χ2n) is 6.78. The van der Waals surface area contributed by atoms with Gasteiger partial charge in [0.15, 0.2) is 18.5 Å². The van der Waals surface area contributed by atoms with Gasteiger partial charge in [0.1, 0.15) is 0 Å². The van der Waals surface area contributed by atoms with Gasteiger partial charge in [0.25, 0.3) is 16.0 Å². The fourth-order valence-corrected chi connectivity index (χ4v) is 4.72. The van der Waals surface area contributed by atoms with Crippen LogP contribution in [0.15, 0.2) is 29.2 Å². The summed E-state index contributed by atoms with van der Waals surface area (Å²) in [6.07, 6.45) is -3.48. The number of methoxy groups -OCH3 is 1. The van der Waals surface area contributed by atoms with E-state index in [0.717, 1.165) is 5.56 Å². The molecule has 3 heterocycles. The van der Waals surface area contributed by atoms with Crippen LogP contribution in [0.4, 0.5) is 0 Å².